The van der Waals surface area contributed by atoms with Crippen LogP contribution in [0.4, 0.5) is 5.69 Å². The van der Waals surface area contributed by atoms with Crippen molar-refractivity contribution >= 4 is 12.1 Å². The molecular weight excluding hydrogens is 156 g/mol. The van der Waals surface area contributed by atoms with Crippen LogP contribution in [0.2, 0.25) is 0 Å². The number of benzene rings is 1. The molecule has 0 saturated carbocycles. The van der Waals surface area contributed by atoms with Gasteiger partial charge in [-0.1, -0.05) is 0 Å². The van der Waals surface area contributed by atoms with Crippen LogP contribution in [0.3, 0.4) is 0 Å². The first-order valence-corrected chi connectivity index (χ1v) is 3.50. The van der Waals surface area contributed by atoms with Gasteiger partial charge in [0.05, 0.1) is 0 Å². The van der Waals surface area contributed by atoms with Crippen LogP contribution in [0.15, 0.2) is 18.2 Å². The van der Waals surface area contributed by atoms with Crippen LogP contribution in [-0.2, 0) is 11.3 Å². The third-order valence-electron chi connectivity index (χ3n) is 1.53. The summed E-state index contributed by atoms with van der Waals surface area (Å²) in [6, 6.07) is 4.72. The van der Waals surface area contributed by atoms with Gasteiger partial charge in [-0.15, -0.1) is 0 Å². The van der Waals surface area contributed by atoms with Crippen molar-refractivity contribution in [3.8, 4) is 5.75 Å². The standard InChI is InChI=1S/C8H10N2O2/c9-4-6-3-7(10-5-11)1-2-8(6)12/h1-3,5,12H,4,9H2,(H,10,11). The summed E-state index contributed by atoms with van der Waals surface area (Å²) in [7, 11) is 0. The van der Waals surface area contributed by atoms with E-state index in [0.29, 0.717) is 17.7 Å². The van der Waals surface area contributed by atoms with Crippen LogP contribution in [0.5, 0.6) is 5.75 Å². The summed E-state index contributed by atoms with van der Waals surface area (Å²) in [4.78, 5) is 10.1. The SMILES string of the molecule is NCc1cc(NC=O)ccc1O. The molecule has 4 heteroatoms. The van der Waals surface area contributed by atoms with Gasteiger partial charge in [-0.2, -0.15) is 0 Å². The van der Waals surface area contributed by atoms with Crippen LogP contribution in [0.25, 0.3) is 0 Å². The summed E-state index contributed by atoms with van der Waals surface area (Å²) in [5.41, 5.74) is 6.58. The number of hydrogen-bond acceptors (Lipinski definition) is 3. The van der Waals surface area contributed by atoms with Crippen LogP contribution in [0, 0.1) is 0 Å². The Morgan fingerprint density at radius 3 is 2.92 bits per heavy atom. The van der Waals surface area contributed by atoms with Crippen molar-refractivity contribution in [2.24, 2.45) is 5.73 Å². The first-order chi connectivity index (χ1) is 5.77. The fourth-order valence-corrected chi connectivity index (χ4v) is 0.907. The third kappa shape index (κ3) is 1.73. The molecule has 1 rings (SSSR count). The Labute approximate surface area is 70.0 Å². The lowest BCUT2D eigenvalue weighted by molar-refractivity contribution is -0.105. The molecule has 0 spiro atoms. The average molecular weight is 166 g/mol. The maximum absolute atomic E-state index is 10.1. The predicted octanol–water partition coefficient (Wildman–Crippen LogP) is 0.419. The van der Waals surface area contributed by atoms with Crippen molar-refractivity contribution in [2.45, 2.75) is 6.54 Å². The number of phenols is 1. The molecule has 0 radical (unpaired) electrons. The second-order valence-corrected chi connectivity index (χ2v) is 2.31. The molecule has 0 unspecified atom stereocenters. The molecule has 4 N–H and O–H groups in total. The highest BCUT2D eigenvalue weighted by molar-refractivity contribution is 5.71. The normalized spacial score (nSPS) is 9.42. The first-order valence-electron chi connectivity index (χ1n) is 3.50. The molecule has 12 heavy (non-hydrogen) atoms. The summed E-state index contributed by atoms with van der Waals surface area (Å²) >= 11 is 0. The Morgan fingerprint density at radius 1 is 1.58 bits per heavy atom. The van der Waals surface area contributed by atoms with E-state index in [9.17, 15) is 9.90 Å². The summed E-state index contributed by atoms with van der Waals surface area (Å²) in [6.07, 6.45) is 0.576. The molecule has 64 valence electrons. The molecule has 1 aromatic carbocycles. The van der Waals surface area contributed by atoms with E-state index in [1.165, 1.54) is 6.07 Å². The van der Waals surface area contributed by atoms with E-state index in [-0.39, 0.29) is 12.3 Å². The maximum Gasteiger partial charge on any atom is 0.211 e. The van der Waals surface area contributed by atoms with Crippen molar-refractivity contribution in [3.63, 3.8) is 0 Å². The van der Waals surface area contributed by atoms with Crippen molar-refractivity contribution in [1.82, 2.24) is 0 Å². The molecule has 0 bridgehead atoms. The van der Waals surface area contributed by atoms with E-state index in [0.717, 1.165) is 0 Å². The van der Waals surface area contributed by atoms with Crippen LogP contribution < -0.4 is 11.1 Å². The van der Waals surface area contributed by atoms with E-state index in [4.69, 9.17) is 5.73 Å². The number of anilines is 1. The minimum Gasteiger partial charge on any atom is -0.508 e. The van der Waals surface area contributed by atoms with Gasteiger partial charge in [-0.3, -0.25) is 4.79 Å². The lowest BCUT2D eigenvalue weighted by Gasteiger charge is -2.03. The molecular formula is C8H10N2O2. The van der Waals surface area contributed by atoms with Gasteiger partial charge in [0.15, 0.2) is 0 Å². The van der Waals surface area contributed by atoms with Gasteiger partial charge in [0.1, 0.15) is 5.75 Å². The second kappa shape index (κ2) is 3.73. The zero-order valence-corrected chi connectivity index (χ0v) is 6.45. The number of carbonyl (C=O) groups excluding carboxylic acids is 1. The van der Waals surface area contributed by atoms with Crippen molar-refractivity contribution < 1.29 is 9.90 Å². The van der Waals surface area contributed by atoms with Crippen molar-refractivity contribution in [2.75, 3.05) is 5.32 Å². The van der Waals surface area contributed by atoms with E-state index in [1.807, 2.05) is 0 Å². The number of amides is 1. The molecule has 0 aromatic heterocycles. The van der Waals surface area contributed by atoms with Gasteiger partial charge in [0.2, 0.25) is 6.41 Å². The van der Waals surface area contributed by atoms with Crippen LogP contribution in [-0.4, -0.2) is 11.5 Å². The highest BCUT2D eigenvalue weighted by Crippen LogP contribution is 2.20. The van der Waals surface area contributed by atoms with E-state index < -0.39 is 0 Å². The Hall–Kier alpha value is -1.55. The molecule has 1 amide bonds. The fraction of sp³-hybridized carbons (Fsp3) is 0.125. The Balaban J connectivity index is 2.96. The van der Waals surface area contributed by atoms with Gasteiger partial charge < -0.3 is 16.2 Å². The lowest BCUT2D eigenvalue weighted by atomic mass is 10.2. The molecule has 1 aromatic rings. The summed E-state index contributed by atoms with van der Waals surface area (Å²) in [5.74, 6) is 0.147. The largest absolute Gasteiger partial charge is 0.508 e. The zero-order chi connectivity index (χ0) is 8.97. The molecule has 4 nitrogen and oxygen atoms in total. The Kier molecular flexibility index (Phi) is 2.66. The van der Waals surface area contributed by atoms with Gasteiger partial charge >= 0.3 is 0 Å². The van der Waals surface area contributed by atoms with Crippen molar-refractivity contribution in [1.29, 1.82) is 0 Å². The predicted molar refractivity (Wildman–Crippen MR) is 45.7 cm³/mol. The van der Waals surface area contributed by atoms with E-state index in [2.05, 4.69) is 5.32 Å². The number of aromatic hydroxyl groups is 1. The molecule has 0 saturated heterocycles. The van der Waals surface area contributed by atoms with E-state index >= 15 is 0 Å². The molecule has 0 fully saturated rings. The smallest absolute Gasteiger partial charge is 0.211 e. The second-order valence-electron chi connectivity index (χ2n) is 2.31. The Morgan fingerprint density at radius 2 is 2.33 bits per heavy atom. The maximum atomic E-state index is 10.1. The number of hydrogen-bond donors (Lipinski definition) is 3. The number of carbonyl (C=O) groups is 1. The number of phenolic OH excluding ortho intramolecular Hbond substituents is 1. The molecule has 0 aliphatic carbocycles. The highest BCUT2D eigenvalue weighted by Gasteiger charge is 1.99. The molecule has 0 atom stereocenters. The minimum absolute atomic E-state index is 0.147. The van der Waals surface area contributed by atoms with Gasteiger partial charge in [0.25, 0.3) is 0 Å². The summed E-state index contributed by atoms with van der Waals surface area (Å²) in [6.45, 7) is 0.250. The third-order valence-corrected chi connectivity index (χ3v) is 1.53. The highest BCUT2D eigenvalue weighted by atomic mass is 16.3. The molecule has 0 aliphatic heterocycles. The number of nitrogens with two attached hydrogens (primary N) is 1. The summed E-state index contributed by atoms with van der Waals surface area (Å²) in [5, 5.41) is 11.7. The van der Waals surface area contributed by atoms with E-state index in [1.54, 1.807) is 12.1 Å². The van der Waals surface area contributed by atoms with Gasteiger partial charge in [-0.05, 0) is 18.2 Å². The molecule has 0 aliphatic rings. The zero-order valence-electron chi connectivity index (χ0n) is 6.45. The van der Waals surface area contributed by atoms with Gasteiger partial charge in [0, 0.05) is 17.8 Å². The lowest BCUT2D eigenvalue weighted by Crippen LogP contribution is -1.99. The van der Waals surface area contributed by atoms with Gasteiger partial charge in [-0.25, -0.2) is 0 Å². The minimum atomic E-state index is 0.147. The van der Waals surface area contributed by atoms with Crippen LogP contribution >= 0.6 is 0 Å². The monoisotopic (exact) mass is 166 g/mol. The average Bonchev–Trinajstić information content (AvgIpc) is 2.09. The fourth-order valence-electron chi connectivity index (χ4n) is 0.907. The van der Waals surface area contributed by atoms with Crippen LogP contribution in [0.1, 0.15) is 5.56 Å². The topological polar surface area (TPSA) is 75.3 Å². The summed E-state index contributed by atoms with van der Waals surface area (Å²) < 4.78 is 0. The quantitative estimate of drug-likeness (QED) is 0.450. The molecule has 0 heterocycles. The first kappa shape index (κ1) is 8.55. The number of rotatable bonds is 3. The number of nitrogens with one attached hydrogen (secondary N) is 1. The Bertz CT molecular complexity index is 286. The van der Waals surface area contributed by atoms with Crippen molar-refractivity contribution in [3.05, 3.63) is 23.8 Å².